The number of nitrogens with one attached hydrogen (secondary N) is 1. The van der Waals surface area contributed by atoms with E-state index in [-0.39, 0.29) is 6.04 Å². The van der Waals surface area contributed by atoms with Gasteiger partial charge < -0.3 is 5.32 Å². The Morgan fingerprint density at radius 2 is 2.06 bits per heavy atom. The van der Waals surface area contributed by atoms with Gasteiger partial charge in [0.05, 0.1) is 11.5 Å². The Morgan fingerprint density at radius 3 is 2.71 bits per heavy atom. The van der Waals surface area contributed by atoms with E-state index in [1.807, 2.05) is 18.2 Å². The van der Waals surface area contributed by atoms with Gasteiger partial charge in [0.2, 0.25) is 0 Å². The van der Waals surface area contributed by atoms with E-state index in [1.165, 1.54) is 4.90 Å². The molecule has 1 saturated heterocycles. The summed E-state index contributed by atoms with van der Waals surface area (Å²) in [6.45, 7) is 0.861. The Hall–Kier alpha value is -0.520. The maximum Gasteiger partial charge on any atom is 0.151 e. The Balaban J connectivity index is 1.64. The van der Waals surface area contributed by atoms with E-state index >= 15 is 0 Å². The second-order valence-electron chi connectivity index (χ2n) is 4.22. The topological polar surface area (TPSA) is 46.2 Å². The van der Waals surface area contributed by atoms with E-state index in [9.17, 15) is 8.42 Å². The molecule has 1 N–H and O–H groups in total. The first-order valence-electron chi connectivity index (χ1n) is 5.77. The summed E-state index contributed by atoms with van der Waals surface area (Å²) in [7, 11) is -2.75. The first-order valence-corrected chi connectivity index (χ1v) is 8.58. The summed E-state index contributed by atoms with van der Waals surface area (Å²) in [5.41, 5.74) is 0. The molecular weight excluding hydrogens is 254 g/mol. The van der Waals surface area contributed by atoms with Gasteiger partial charge in [-0.05, 0) is 18.6 Å². The van der Waals surface area contributed by atoms with Gasteiger partial charge in [0.1, 0.15) is 0 Å². The zero-order valence-electron chi connectivity index (χ0n) is 9.63. The Bertz CT molecular complexity index is 445. The first kappa shape index (κ1) is 12.9. The fourth-order valence-electron chi connectivity index (χ4n) is 1.90. The normalized spacial score (nSPS) is 22.7. The van der Waals surface area contributed by atoms with Crippen molar-refractivity contribution in [2.24, 2.45) is 0 Å². The van der Waals surface area contributed by atoms with Crippen LogP contribution in [0.3, 0.4) is 0 Å². The Kier molecular flexibility index (Phi) is 4.48. The van der Waals surface area contributed by atoms with Crippen LogP contribution in [0.4, 0.5) is 0 Å². The minimum absolute atomic E-state index is 0.163. The lowest BCUT2D eigenvalue weighted by Gasteiger charge is -2.09. The highest BCUT2D eigenvalue weighted by molar-refractivity contribution is 7.99. The minimum atomic E-state index is -2.75. The number of thioether (sulfide) groups is 1. The van der Waals surface area contributed by atoms with Gasteiger partial charge in [-0.1, -0.05) is 18.2 Å². The lowest BCUT2D eigenvalue weighted by molar-refractivity contribution is 0.575. The van der Waals surface area contributed by atoms with Gasteiger partial charge in [-0.2, -0.15) is 0 Å². The van der Waals surface area contributed by atoms with Crippen molar-refractivity contribution < 1.29 is 8.42 Å². The van der Waals surface area contributed by atoms with Crippen molar-refractivity contribution in [3.8, 4) is 0 Å². The molecule has 0 aromatic heterocycles. The average Bonchev–Trinajstić information content (AvgIpc) is 2.66. The first-order chi connectivity index (χ1) is 8.16. The SMILES string of the molecule is O=S1(=O)CCC(NCCSc2ccccc2)C1. The predicted octanol–water partition coefficient (Wildman–Crippen LogP) is 1.56. The maximum atomic E-state index is 11.2. The molecule has 17 heavy (non-hydrogen) atoms. The van der Waals surface area contributed by atoms with Gasteiger partial charge in [-0.25, -0.2) is 8.42 Å². The molecular formula is C12H17NO2S2. The molecule has 0 amide bonds. The van der Waals surface area contributed by atoms with E-state index in [0.717, 1.165) is 18.7 Å². The summed E-state index contributed by atoms with van der Waals surface area (Å²) in [5.74, 6) is 1.63. The lowest BCUT2D eigenvalue weighted by Crippen LogP contribution is -2.31. The summed E-state index contributed by atoms with van der Waals surface area (Å²) in [6.07, 6.45) is 0.762. The van der Waals surface area contributed by atoms with Crippen LogP contribution in [0.25, 0.3) is 0 Å². The second kappa shape index (κ2) is 5.89. The van der Waals surface area contributed by atoms with E-state index < -0.39 is 9.84 Å². The third-order valence-corrected chi connectivity index (χ3v) is 5.56. The molecule has 1 fully saturated rings. The molecule has 1 aliphatic rings. The summed E-state index contributed by atoms with van der Waals surface area (Å²) in [4.78, 5) is 1.26. The van der Waals surface area contributed by atoms with Crippen LogP contribution in [0.2, 0.25) is 0 Å². The monoisotopic (exact) mass is 271 g/mol. The third kappa shape index (κ3) is 4.33. The lowest BCUT2D eigenvalue weighted by atomic mass is 10.3. The number of hydrogen-bond acceptors (Lipinski definition) is 4. The van der Waals surface area contributed by atoms with Gasteiger partial charge in [0.25, 0.3) is 0 Å². The van der Waals surface area contributed by atoms with Gasteiger partial charge in [0, 0.05) is 23.2 Å². The highest BCUT2D eigenvalue weighted by Gasteiger charge is 2.26. The van der Waals surface area contributed by atoms with Gasteiger partial charge in [0.15, 0.2) is 9.84 Å². The second-order valence-corrected chi connectivity index (χ2v) is 7.61. The highest BCUT2D eigenvalue weighted by Crippen LogP contribution is 2.16. The summed E-state index contributed by atoms with van der Waals surface area (Å²) in [6, 6.07) is 10.4. The average molecular weight is 271 g/mol. The Labute approximate surface area is 107 Å². The van der Waals surface area contributed by atoms with E-state index in [2.05, 4.69) is 17.4 Å². The molecule has 0 bridgehead atoms. The third-order valence-electron chi connectivity index (χ3n) is 2.78. The molecule has 3 nitrogen and oxygen atoms in total. The van der Waals surface area contributed by atoms with Crippen LogP contribution in [0.5, 0.6) is 0 Å². The molecule has 1 heterocycles. The highest BCUT2D eigenvalue weighted by atomic mass is 32.2. The molecule has 1 unspecified atom stereocenters. The van der Waals surface area contributed by atoms with Crippen molar-refractivity contribution in [3.63, 3.8) is 0 Å². The summed E-state index contributed by atoms with van der Waals surface area (Å²) in [5, 5.41) is 3.31. The molecule has 1 aromatic rings. The molecule has 1 atom stereocenters. The molecule has 1 aliphatic heterocycles. The van der Waals surface area contributed by atoms with E-state index in [1.54, 1.807) is 11.8 Å². The van der Waals surface area contributed by atoms with Gasteiger partial charge in [-0.15, -0.1) is 11.8 Å². The number of hydrogen-bond donors (Lipinski definition) is 1. The predicted molar refractivity (Wildman–Crippen MR) is 72.2 cm³/mol. The van der Waals surface area contributed by atoms with Crippen LogP contribution in [0, 0.1) is 0 Å². The van der Waals surface area contributed by atoms with Crippen LogP contribution in [-0.4, -0.2) is 38.3 Å². The number of sulfone groups is 1. The van der Waals surface area contributed by atoms with Crippen LogP contribution >= 0.6 is 11.8 Å². The van der Waals surface area contributed by atoms with Crippen molar-refractivity contribution in [1.82, 2.24) is 5.32 Å². The molecule has 0 aliphatic carbocycles. The zero-order chi connectivity index (χ0) is 12.1. The zero-order valence-corrected chi connectivity index (χ0v) is 11.3. The van der Waals surface area contributed by atoms with Gasteiger partial charge in [-0.3, -0.25) is 0 Å². The largest absolute Gasteiger partial charge is 0.312 e. The quantitative estimate of drug-likeness (QED) is 0.652. The van der Waals surface area contributed by atoms with Crippen molar-refractivity contribution in [2.75, 3.05) is 23.8 Å². The molecule has 1 aromatic carbocycles. The molecule has 94 valence electrons. The smallest absolute Gasteiger partial charge is 0.151 e. The number of rotatable bonds is 5. The van der Waals surface area contributed by atoms with Crippen molar-refractivity contribution in [3.05, 3.63) is 30.3 Å². The standard InChI is InChI=1S/C12H17NO2S2/c14-17(15)9-6-11(10-17)13-7-8-16-12-4-2-1-3-5-12/h1-5,11,13H,6-10H2. The Morgan fingerprint density at radius 1 is 1.29 bits per heavy atom. The fourth-order valence-corrected chi connectivity index (χ4v) is 4.42. The van der Waals surface area contributed by atoms with Crippen molar-refractivity contribution in [2.45, 2.75) is 17.4 Å². The van der Waals surface area contributed by atoms with Gasteiger partial charge >= 0.3 is 0 Å². The van der Waals surface area contributed by atoms with Crippen molar-refractivity contribution >= 4 is 21.6 Å². The van der Waals surface area contributed by atoms with Crippen LogP contribution in [-0.2, 0) is 9.84 Å². The molecule has 0 radical (unpaired) electrons. The molecule has 2 rings (SSSR count). The summed E-state index contributed by atoms with van der Waals surface area (Å²) < 4.78 is 22.5. The minimum Gasteiger partial charge on any atom is -0.312 e. The molecule has 0 saturated carbocycles. The van der Waals surface area contributed by atoms with Crippen LogP contribution in [0.1, 0.15) is 6.42 Å². The van der Waals surface area contributed by atoms with Crippen LogP contribution < -0.4 is 5.32 Å². The molecule has 5 heteroatoms. The number of benzene rings is 1. The van der Waals surface area contributed by atoms with E-state index in [4.69, 9.17) is 0 Å². The van der Waals surface area contributed by atoms with Crippen molar-refractivity contribution in [1.29, 1.82) is 0 Å². The molecule has 0 spiro atoms. The van der Waals surface area contributed by atoms with Crippen LogP contribution in [0.15, 0.2) is 35.2 Å². The maximum absolute atomic E-state index is 11.2. The van der Waals surface area contributed by atoms with E-state index in [0.29, 0.717) is 11.5 Å². The fraction of sp³-hybridized carbons (Fsp3) is 0.500. The summed E-state index contributed by atoms with van der Waals surface area (Å²) >= 11 is 1.79.